The van der Waals surface area contributed by atoms with E-state index in [1.807, 2.05) is 36.4 Å². The van der Waals surface area contributed by atoms with E-state index in [4.69, 9.17) is 16.7 Å². The highest BCUT2D eigenvalue weighted by Gasteiger charge is 2.10. The smallest absolute Gasteiger partial charge is 0.339 e. The van der Waals surface area contributed by atoms with Gasteiger partial charge in [-0.2, -0.15) is 0 Å². The molecule has 7 heteroatoms. The van der Waals surface area contributed by atoms with Gasteiger partial charge in [0.15, 0.2) is 0 Å². The van der Waals surface area contributed by atoms with Gasteiger partial charge in [-0.15, -0.1) is 12.4 Å². The van der Waals surface area contributed by atoms with Crippen molar-refractivity contribution >= 4 is 30.0 Å². The topological polar surface area (TPSA) is 89.8 Å². The number of carbonyl (C=O) groups is 1. The highest BCUT2D eigenvalue weighted by molar-refractivity contribution is 6.30. The lowest BCUT2D eigenvalue weighted by molar-refractivity contribution is 0.0693. The van der Waals surface area contributed by atoms with E-state index in [1.54, 1.807) is 18.2 Å². The summed E-state index contributed by atoms with van der Waals surface area (Å²) in [5.74, 6) is -1.40. The highest BCUT2D eigenvalue weighted by atomic mass is 35.5. The Morgan fingerprint density at radius 2 is 1.70 bits per heavy atom. The zero-order valence-corrected chi connectivity index (χ0v) is 17.7. The van der Waals surface area contributed by atoms with Crippen LogP contribution in [0.1, 0.15) is 27.6 Å². The number of aliphatic hydroxyl groups excluding tert-OH is 1. The quantitative estimate of drug-likeness (QED) is 0.375. The van der Waals surface area contributed by atoms with Gasteiger partial charge >= 0.3 is 5.97 Å². The third-order valence-electron chi connectivity index (χ3n) is 4.68. The lowest BCUT2D eigenvalue weighted by Crippen LogP contribution is -2.23. The van der Waals surface area contributed by atoms with Crippen molar-refractivity contribution in [2.75, 3.05) is 13.1 Å². The van der Waals surface area contributed by atoms with Gasteiger partial charge in [0, 0.05) is 11.6 Å². The van der Waals surface area contributed by atoms with E-state index < -0.39 is 12.1 Å². The van der Waals surface area contributed by atoms with E-state index in [0.29, 0.717) is 18.1 Å². The molecule has 0 aliphatic rings. The number of hydrogen-bond acceptors (Lipinski definition) is 4. The molecule has 0 radical (unpaired) electrons. The van der Waals surface area contributed by atoms with Gasteiger partial charge in [-0.05, 0) is 59.5 Å². The maximum absolute atomic E-state index is 11.0. The molecule has 0 unspecified atom stereocenters. The summed E-state index contributed by atoms with van der Waals surface area (Å²) in [7, 11) is 0. The molecule has 0 spiro atoms. The summed E-state index contributed by atoms with van der Waals surface area (Å²) in [5.41, 5.74) is 3.44. The van der Waals surface area contributed by atoms with Gasteiger partial charge in [0.05, 0.1) is 6.10 Å². The SMILES string of the molecule is Cl.O=C(O)c1ccc(-c2ccc(CCNC[C@H](O)c3cccc(Cl)c3)cc2)cc1O. The molecule has 0 bridgehead atoms. The Hall–Kier alpha value is -2.57. The van der Waals surface area contributed by atoms with E-state index in [9.17, 15) is 15.0 Å². The second kappa shape index (κ2) is 11.0. The van der Waals surface area contributed by atoms with Crippen molar-refractivity contribution in [1.82, 2.24) is 5.32 Å². The molecule has 1 atom stereocenters. The molecule has 3 aromatic carbocycles. The maximum atomic E-state index is 11.0. The fourth-order valence-corrected chi connectivity index (χ4v) is 3.26. The molecule has 0 fully saturated rings. The van der Waals surface area contributed by atoms with E-state index in [2.05, 4.69) is 5.32 Å². The van der Waals surface area contributed by atoms with Crippen molar-refractivity contribution < 1.29 is 20.1 Å². The summed E-state index contributed by atoms with van der Waals surface area (Å²) in [6.45, 7) is 1.15. The van der Waals surface area contributed by atoms with Crippen LogP contribution in [0.2, 0.25) is 5.02 Å². The van der Waals surface area contributed by atoms with Crippen LogP contribution in [0, 0.1) is 0 Å². The molecule has 0 aliphatic heterocycles. The number of aliphatic hydroxyl groups is 1. The Bertz CT molecular complexity index is 993. The van der Waals surface area contributed by atoms with Crippen molar-refractivity contribution in [1.29, 1.82) is 0 Å². The molecule has 158 valence electrons. The molecule has 3 rings (SSSR count). The minimum absolute atomic E-state index is 0. The first-order chi connectivity index (χ1) is 13.9. The van der Waals surface area contributed by atoms with E-state index in [0.717, 1.165) is 28.7 Å². The number of carboxylic acids is 1. The number of aromatic carboxylic acids is 1. The van der Waals surface area contributed by atoms with E-state index >= 15 is 0 Å². The van der Waals surface area contributed by atoms with Gasteiger partial charge in [-0.25, -0.2) is 4.79 Å². The fraction of sp³-hybridized carbons (Fsp3) is 0.174. The van der Waals surface area contributed by atoms with Crippen LogP contribution in [-0.4, -0.2) is 34.4 Å². The summed E-state index contributed by atoms with van der Waals surface area (Å²) >= 11 is 5.95. The largest absolute Gasteiger partial charge is 0.507 e. The predicted molar refractivity (Wildman–Crippen MR) is 121 cm³/mol. The molecular weight excluding hydrogens is 425 g/mol. The average Bonchev–Trinajstić information content (AvgIpc) is 2.71. The number of benzene rings is 3. The van der Waals surface area contributed by atoms with Gasteiger partial charge < -0.3 is 20.6 Å². The van der Waals surface area contributed by atoms with Gasteiger partial charge in [0.2, 0.25) is 0 Å². The Labute approximate surface area is 186 Å². The molecule has 0 saturated heterocycles. The summed E-state index contributed by atoms with van der Waals surface area (Å²) in [6, 6.07) is 19.6. The Kier molecular flexibility index (Phi) is 8.69. The molecular formula is C23H23Cl2NO4. The third kappa shape index (κ3) is 6.21. The zero-order valence-electron chi connectivity index (χ0n) is 16.1. The normalized spacial score (nSPS) is 11.5. The first-order valence-electron chi connectivity index (χ1n) is 9.24. The lowest BCUT2D eigenvalue weighted by atomic mass is 10.0. The van der Waals surface area contributed by atoms with Crippen LogP contribution in [0.25, 0.3) is 11.1 Å². The number of hydrogen-bond donors (Lipinski definition) is 4. The minimum atomic E-state index is -1.16. The summed E-state index contributed by atoms with van der Waals surface area (Å²) in [5, 5.41) is 32.9. The minimum Gasteiger partial charge on any atom is -0.507 e. The van der Waals surface area contributed by atoms with Gasteiger partial charge in [-0.1, -0.05) is 54.1 Å². The number of aromatic hydroxyl groups is 1. The van der Waals surface area contributed by atoms with Crippen LogP contribution in [0.4, 0.5) is 0 Å². The molecule has 3 aromatic rings. The Morgan fingerprint density at radius 3 is 2.33 bits per heavy atom. The van der Waals surface area contributed by atoms with Crippen LogP contribution in [0.3, 0.4) is 0 Å². The van der Waals surface area contributed by atoms with Crippen molar-refractivity contribution in [2.45, 2.75) is 12.5 Å². The maximum Gasteiger partial charge on any atom is 0.339 e. The molecule has 0 aromatic heterocycles. The average molecular weight is 448 g/mol. The van der Waals surface area contributed by atoms with Crippen LogP contribution < -0.4 is 5.32 Å². The number of nitrogens with one attached hydrogen (secondary N) is 1. The predicted octanol–water partition coefficient (Wildman–Crippen LogP) is 4.70. The molecule has 0 amide bonds. The van der Waals surface area contributed by atoms with Crippen molar-refractivity contribution in [3.05, 3.63) is 88.4 Å². The first kappa shape index (κ1) is 23.7. The van der Waals surface area contributed by atoms with Gasteiger partial charge in [-0.3, -0.25) is 0 Å². The zero-order chi connectivity index (χ0) is 20.8. The van der Waals surface area contributed by atoms with Crippen molar-refractivity contribution in [2.24, 2.45) is 0 Å². The van der Waals surface area contributed by atoms with Crippen molar-refractivity contribution in [3.8, 4) is 16.9 Å². The van der Waals surface area contributed by atoms with Crippen LogP contribution in [0.5, 0.6) is 5.75 Å². The van der Waals surface area contributed by atoms with E-state index in [-0.39, 0.29) is 23.7 Å². The number of halogens is 2. The number of phenols is 1. The third-order valence-corrected chi connectivity index (χ3v) is 4.91. The van der Waals surface area contributed by atoms with Crippen LogP contribution >= 0.6 is 24.0 Å². The summed E-state index contributed by atoms with van der Waals surface area (Å²) in [4.78, 5) is 11.0. The summed E-state index contributed by atoms with van der Waals surface area (Å²) in [6.07, 6.45) is 0.184. The fourth-order valence-electron chi connectivity index (χ4n) is 3.06. The molecule has 0 heterocycles. The monoisotopic (exact) mass is 447 g/mol. The first-order valence-corrected chi connectivity index (χ1v) is 9.61. The molecule has 0 aliphatic carbocycles. The van der Waals surface area contributed by atoms with Gasteiger partial charge in [0.25, 0.3) is 0 Å². The Morgan fingerprint density at radius 1 is 1.00 bits per heavy atom. The Balaban J connectivity index is 0.00000320. The van der Waals surface area contributed by atoms with Crippen molar-refractivity contribution in [3.63, 3.8) is 0 Å². The van der Waals surface area contributed by atoms with E-state index in [1.165, 1.54) is 12.1 Å². The summed E-state index contributed by atoms with van der Waals surface area (Å²) < 4.78 is 0. The second-order valence-corrected chi connectivity index (χ2v) is 7.20. The molecule has 4 N–H and O–H groups in total. The van der Waals surface area contributed by atoms with Crippen LogP contribution in [-0.2, 0) is 6.42 Å². The lowest BCUT2D eigenvalue weighted by Gasteiger charge is -2.12. The molecule has 0 saturated carbocycles. The standard InChI is InChI=1S/C23H22ClNO4.ClH/c24-19-3-1-2-18(12-19)22(27)14-25-11-10-15-4-6-16(7-5-15)17-8-9-20(23(28)29)21(26)13-17;/h1-9,12-13,22,25-27H,10-11,14H2,(H,28,29);1H/t22-;/m0./s1. The highest BCUT2D eigenvalue weighted by Crippen LogP contribution is 2.27. The number of carboxylic acid groups (broad SMARTS) is 1. The molecule has 30 heavy (non-hydrogen) atoms. The number of rotatable bonds is 8. The van der Waals surface area contributed by atoms with Crippen LogP contribution in [0.15, 0.2) is 66.7 Å². The van der Waals surface area contributed by atoms with Gasteiger partial charge in [0.1, 0.15) is 11.3 Å². The molecule has 5 nitrogen and oxygen atoms in total. The second-order valence-electron chi connectivity index (χ2n) is 6.76.